The Balaban J connectivity index is 3.53. The van der Waals surface area contributed by atoms with Gasteiger partial charge < -0.3 is 0 Å². The highest BCUT2D eigenvalue weighted by molar-refractivity contribution is 4.85. The molecule has 0 aliphatic heterocycles. The maximum absolute atomic E-state index is 12.0. The van der Waals surface area contributed by atoms with Gasteiger partial charge in [0.2, 0.25) is 0 Å². The lowest BCUT2D eigenvalue weighted by molar-refractivity contribution is 0.0453. The summed E-state index contributed by atoms with van der Waals surface area (Å²) in [6.45, 7) is 4.72. The topological polar surface area (TPSA) is 0 Å². The van der Waals surface area contributed by atoms with Crippen molar-refractivity contribution in [3.8, 4) is 0 Å². The van der Waals surface area contributed by atoms with E-state index in [-0.39, 0.29) is 6.42 Å². The van der Waals surface area contributed by atoms with Gasteiger partial charge in [-0.15, -0.1) is 0 Å². The Kier molecular flexibility index (Phi) is 2.66. The summed E-state index contributed by atoms with van der Waals surface area (Å²) in [7, 11) is 0. The van der Waals surface area contributed by atoms with Crippen LogP contribution in [0.3, 0.4) is 0 Å². The van der Waals surface area contributed by atoms with Gasteiger partial charge in [-0.3, -0.25) is 0 Å². The van der Waals surface area contributed by atoms with Crippen LogP contribution in [0, 0.1) is 0 Å². The van der Waals surface area contributed by atoms with Crippen LogP contribution in [0.2, 0.25) is 0 Å². The Bertz CT molecular complexity index is 76.6. The third-order valence-corrected chi connectivity index (χ3v) is 0.882. The molecule has 0 radical (unpaired) electrons. The Hall–Kier alpha value is -0.400. The van der Waals surface area contributed by atoms with Crippen LogP contribution in [-0.4, -0.2) is 5.92 Å². The monoisotopic (exact) mass is 120 g/mol. The van der Waals surface area contributed by atoms with Gasteiger partial charge in [0.1, 0.15) is 0 Å². The first-order valence-corrected chi connectivity index (χ1v) is 2.64. The molecule has 0 N–H and O–H groups in total. The molecular weight excluding hydrogens is 110 g/mol. The number of rotatable bonds is 3. The number of hydrogen-bond donors (Lipinski definition) is 0. The van der Waals surface area contributed by atoms with Crippen molar-refractivity contribution in [3.05, 3.63) is 12.7 Å². The maximum Gasteiger partial charge on any atom is 0.266 e. The lowest BCUT2D eigenvalue weighted by Gasteiger charge is -2.07. The van der Waals surface area contributed by atoms with E-state index >= 15 is 0 Å². The lowest BCUT2D eigenvalue weighted by atomic mass is 10.2. The van der Waals surface area contributed by atoms with Gasteiger partial charge in [-0.25, -0.2) is 8.78 Å². The summed E-state index contributed by atoms with van der Waals surface area (Å²) in [5.41, 5.74) is 0. The zero-order valence-electron chi connectivity index (χ0n) is 4.95. The van der Waals surface area contributed by atoms with Gasteiger partial charge in [-0.05, 0) is 6.08 Å². The molecule has 0 saturated heterocycles. The Labute approximate surface area is 48.2 Å². The van der Waals surface area contributed by atoms with Gasteiger partial charge >= 0.3 is 0 Å². The molecule has 0 aromatic rings. The fraction of sp³-hybridized carbons (Fsp3) is 0.667. The zero-order chi connectivity index (χ0) is 6.62. The fourth-order valence-electron chi connectivity index (χ4n) is 0.435. The Morgan fingerprint density at radius 2 is 2.12 bits per heavy atom. The highest BCUT2D eigenvalue weighted by Crippen LogP contribution is 2.20. The maximum atomic E-state index is 12.0. The second kappa shape index (κ2) is 2.80. The van der Waals surface area contributed by atoms with E-state index in [1.165, 1.54) is 0 Å². The van der Waals surface area contributed by atoms with Crippen LogP contribution in [-0.2, 0) is 0 Å². The molecule has 2 heteroatoms. The van der Waals surface area contributed by atoms with E-state index in [4.69, 9.17) is 0 Å². The zero-order valence-corrected chi connectivity index (χ0v) is 4.95. The van der Waals surface area contributed by atoms with Crippen molar-refractivity contribution in [1.82, 2.24) is 0 Å². The molecule has 0 nitrogen and oxygen atoms in total. The molecule has 0 aliphatic carbocycles. The first kappa shape index (κ1) is 7.60. The molecule has 0 atom stereocenters. The minimum Gasteiger partial charge on any atom is -0.202 e. The number of allylic oxidation sites excluding steroid dienone is 1. The van der Waals surface area contributed by atoms with Crippen LogP contribution in [0.1, 0.15) is 19.8 Å². The van der Waals surface area contributed by atoms with Crippen molar-refractivity contribution < 1.29 is 8.78 Å². The largest absolute Gasteiger partial charge is 0.266 e. The van der Waals surface area contributed by atoms with Gasteiger partial charge in [0.15, 0.2) is 0 Å². The summed E-state index contributed by atoms with van der Waals surface area (Å²) in [6.07, 6.45) is 1.10. The number of halogens is 2. The van der Waals surface area contributed by atoms with Crippen molar-refractivity contribution in [3.63, 3.8) is 0 Å². The number of hydrogen-bond acceptors (Lipinski definition) is 0. The summed E-state index contributed by atoms with van der Waals surface area (Å²) in [5, 5.41) is 0. The van der Waals surface area contributed by atoms with Crippen molar-refractivity contribution in [2.75, 3.05) is 0 Å². The molecule has 0 fully saturated rings. The molecule has 0 bridgehead atoms. The van der Waals surface area contributed by atoms with Crippen LogP contribution in [0.4, 0.5) is 8.78 Å². The Morgan fingerprint density at radius 1 is 1.62 bits per heavy atom. The first-order chi connectivity index (χ1) is 3.62. The van der Waals surface area contributed by atoms with E-state index in [1.807, 2.05) is 0 Å². The van der Waals surface area contributed by atoms with E-state index in [2.05, 4.69) is 6.58 Å². The summed E-state index contributed by atoms with van der Waals surface area (Å²) in [5.74, 6) is -2.64. The Morgan fingerprint density at radius 3 is 2.25 bits per heavy atom. The summed E-state index contributed by atoms with van der Waals surface area (Å²) in [6, 6.07) is 0. The van der Waals surface area contributed by atoms with Gasteiger partial charge in [0.25, 0.3) is 5.92 Å². The standard InChI is InChI=1S/C6H10F2/c1-3-5-6(7,8)4-2/h4H,2-3,5H2,1H3. The van der Waals surface area contributed by atoms with E-state index in [0.29, 0.717) is 12.5 Å². The smallest absolute Gasteiger partial charge is 0.202 e. The highest BCUT2D eigenvalue weighted by Gasteiger charge is 2.21. The molecule has 48 valence electrons. The molecule has 0 aliphatic rings. The summed E-state index contributed by atoms with van der Waals surface area (Å²) < 4.78 is 24.1. The average molecular weight is 120 g/mol. The van der Waals surface area contributed by atoms with Gasteiger partial charge in [0.05, 0.1) is 0 Å². The molecule has 0 rings (SSSR count). The molecule has 0 aromatic heterocycles. The predicted octanol–water partition coefficient (Wildman–Crippen LogP) is 2.61. The molecule has 0 aromatic carbocycles. The molecule has 0 heterocycles. The van der Waals surface area contributed by atoms with Crippen LogP contribution >= 0.6 is 0 Å². The van der Waals surface area contributed by atoms with Crippen molar-refractivity contribution >= 4 is 0 Å². The quantitative estimate of drug-likeness (QED) is 0.502. The summed E-state index contributed by atoms with van der Waals surface area (Å²) in [4.78, 5) is 0. The van der Waals surface area contributed by atoms with Crippen LogP contribution < -0.4 is 0 Å². The van der Waals surface area contributed by atoms with Gasteiger partial charge in [-0.2, -0.15) is 0 Å². The van der Waals surface area contributed by atoms with Gasteiger partial charge in [0, 0.05) is 6.42 Å². The SMILES string of the molecule is C=CC(F)(F)CCC. The van der Waals surface area contributed by atoms with E-state index in [1.54, 1.807) is 6.92 Å². The third kappa shape index (κ3) is 2.72. The number of alkyl halides is 2. The minimum absolute atomic E-state index is 0.0868. The molecule has 0 amide bonds. The predicted molar refractivity (Wildman–Crippen MR) is 30.1 cm³/mol. The highest BCUT2D eigenvalue weighted by atomic mass is 19.3. The third-order valence-electron chi connectivity index (χ3n) is 0.882. The van der Waals surface area contributed by atoms with Crippen molar-refractivity contribution in [2.24, 2.45) is 0 Å². The second-order valence-corrected chi connectivity index (χ2v) is 1.72. The molecule has 0 saturated carbocycles. The van der Waals surface area contributed by atoms with Crippen LogP contribution in [0.5, 0.6) is 0 Å². The molecule has 0 unspecified atom stereocenters. The minimum atomic E-state index is -2.64. The average Bonchev–Trinajstić information content (AvgIpc) is 1.67. The normalized spacial score (nSPS) is 11.4. The second-order valence-electron chi connectivity index (χ2n) is 1.72. The molecular formula is C6H10F2. The van der Waals surface area contributed by atoms with Crippen molar-refractivity contribution in [2.45, 2.75) is 25.7 Å². The molecule has 0 spiro atoms. The molecule has 8 heavy (non-hydrogen) atoms. The van der Waals surface area contributed by atoms with E-state index in [9.17, 15) is 8.78 Å². The van der Waals surface area contributed by atoms with Gasteiger partial charge in [-0.1, -0.05) is 19.9 Å². The van der Waals surface area contributed by atoms with E-state index in [0.717, 1.165) is 0 Å². The van der Waals surface area contributed by atoms with E-state index < -0.39 is 5.92 Å². The summed E-state index contributed by atoms with van der Waals surface area (Å²) >= 11 is 0. The lowest BCUT2D eigenvalue weighted by Crippen LogP contribution is -2.09. The van der Waals surface area contributed by atoms with Crippen LogP contribution in [0.15, 0.2) is 12.7 Å². The fourth-order valence-corrected chi connectivity index (χ4v) is 0.435. The first-order valence-electron chi connectivity index (χ1n) is 2.64. The van der Waals surface area contributed by atoms with Crippen LogP contribution in [0.25, 0.3) is 0 Å². The van der Waals surface area contributed by atoms with Crippen molar-refractivity contribution in [1.29, 1.82) is 0 Å².